The third kappa shape index (κ3) is 5.90. The highest BCUT2D eigenvalue weighted by Crippen LogP contribution is 2.38. The standard InChI is InChI=1S/C24H28ClN3O5S/c1-30-17-4-6-18(7-5-17)33-16-21(29)28(11-3-10-27-12-14-32-15-13-27)24-26-22-20(31-2)9-8-19(25)23(22)34-24/h4-9H,3,10-16H2,1-2H3. The molecular formula is C24H28ClN3O5S. The number of methoxy groups -OCH3 is 2. The van der Waals surface area contributed by atoms with E-state index in [0.717, 1.165) is 49.7 Å². The molecule has 4 rings (SSSR count). The number of fused-ring (bicyclic) bond motifs is 1. The Labute approximate surface area is 207 Å². The Morgan fingerprint density at radius 2 is 1.85 bits per heavy atom. The first-order chi connectivity index (χ1) is 16.6. The Morgan fingerprint density at radius 3 is 2.56 bits per heavy atom. The molecule has 1 aliphatic heterocycles. The van der Waals surface area contributed by atoms with Crippen LogP contribution in [0.4, 0.5) is 5.13 Å². The highest BCUT2D eigenvalue weighted by molar-refractivity contribution is 7.23. The van der Waals surface area contributed by atoms with Crippen LogP contribution in [0.5, 0.6) is 17.2 Å². The maximum Gasteiger partial charge on any atom is 0.266 e. The van der Waals surface area contributed by atoms with Crippen molar-refractivity contribution in [3.63, 3.8) is 0 Å². The molecule has 8 nitrogen and oxygen atoms in total. The first kappa shape index (κ1) is 24.5. The molecule has 1 saturated heterocycles. The fourth-order valence-corrected chi connectivity index (χ4v) is 5.02. The number of hydrogen-bond donors (Lipinski definition) is 0. The number of carbonyl (C=O) groups is 1. The van der Waals surface area contributed by atoms with E-state index in [0.29, 0.717) is 33.7 Å². The van der Waals surface area contributed by atoms with E-state index in [1.165, 1.54) is 11.3 Å². The molecule has 2 aromatic carbocycles. The van der Waals surface area contributed by atoms with Gasteiger partial charge in [0.15, 0.2) is 11.7 Å². The number of aromatic nitrogens is 1. The van der Waals surface area contributed by atoms with Gasteiger partial charge in [-0.1, -0.05) is 22.9 Å². The molecular weight excluding hydrogens is 478 g/mol. The molecule has 0 radical (unpaired) electrons. The number of thiazole rings is 1. The van der Waals surface area contributed by atoms with E-state index >= 15 is 0 Å². The van der Waals surface area contributed by atoms with Gasteiger partial charge in [-0.3, -0.25) is 14.6 Å². The zero-order valence-electron chi connectivity index (χ0n) is 19.3. The first-order valence-corrected chi connectivity index (χ1v) is 12.3. The Hall–Kier alpha value is -2.59. The van der Waals surface area contributed by atoms with Crippen LogP contribution >= 0.6 is 22.9 Å². The Kier molecular flexibility index (Phi) is 8.44. The van der Waals surface area contributed by atoms with E-state index in [4.69, 9.17) is 35.5 Å². The number of benzene rings is 2. The minimum absolute atomic E-state index is 0.106. The number of hydrogen-bond acceptors (Lipinski definition) is 8. The van der Waals surface area contributed by atoms with Crippen LogP contribution in [-0.4, -0.2) is 76.0 Å². The lowest BCUT2D eigenvalue weighted by Crippen LogP contribution is -2.40. The van der Waals surface area contributed by atoms with E-state index in [1.54, 1.807) is 55.5 Å². The maximum absolute atomic E-state index is 13.3. The molecule has 0 atom stereocenters. The summed E-state index contributed by atoms with van der Waals surface area (Å²) >= 11 is 7.79. The van der Waals surface area contributed by atoms with E-state index in [1.807, 2.05) is 0 Å². The fourth-order valence-electron chi connectivity index (χ4n) is 3.72. The quantitative estimate of drug-likeness (QED) is 0.410. The second-order valence-corrected chi connectivity index (χ2v) is 9.13. The van der Waals surface area contributed by atoms with E-state index in [-0.39, 0.29) is 12.5 Å². The van der Waals surface area contributed by atoms with Crippen LogP contribution in [0, 0.1) is 0 Å². The number of nitrogens with zero attached hydrogens (tertiary/aromatic N) is 3. The van der Waals surface area contributed by atoms with Gasteiger partial charge in [-0.15, -0.1) is 0 Å². The lowest BCUT2D eigenvalue weighted by Gasteiger charge is -2.27. The molecule has 1 aromatic heterocycles. The van der Waals surface area contributed by atoms with Gasteiger partial charge >= 0.3 is 0 Å². The number of morpholine rings is 1. The summed E-state index contributed by atoms with van der Waals surface area (Å²) in [6.07, 6.45) is 0.801. The molecule has 1 aliphatic rings. The van der Waals surface area contributed by atoms with Crippen LogP contribution < -0.4 is 19.1 Å². The highest BCUT2D eigenvalue weighted by atomic mass is 35.5. The molecule has 0 unspecified atom stereocenters. The number of carbonyl (C=O) groups excluding carboxylic acids is 1. The Balaban J connectivity index is 1.51. The minimum Gasteiger partial charge on any atom is -0.497 e. The summed E-state index contributed by atoms with van der Waals surface area (Å²) in [6.45, 7) is 4.59. The predicted molar refractivity (Wildman–Crippen MR) is 134 cm³/mol. The summed E-state index contributed by atoms with van der Waals surface area (Å²) in [4.78, 5) is 22.0. The van der Waals surface area contributed by atoms with Crippen LogP contribution in [0.15, 0.2) is 36.4 Å². The van der Waals surface area contributed by atoms with Gasteiger partial charge in [0.25, 0.3) is 5.91 Å². The van der Waals surface area contributed by atoms with Gasteiger partial charge in [-0.25, -0.2) is 4.98 Å². The van der Waals surface area contributed by atoms with Gasteiger partial charge in [0.2, 0.25) is 0 Å². The monoisotopic (exact) mass is 505 g/mol. The van der Waals surface area contributed by atoms with Crippen molar-refractivity contribution < 1.29 is 23.7 Å². The van der Waals surface area contributed by atoms with E-state index < -0.39 is 0 Å². The van der Waals surface area contributed by atoms with Crippen LogP contribution in [-0.2, 0) is 9.53 Å². The number of ether oxygens (including phenoxy) is 4. The summed E-state index contributed by atoms with van der Waals surface area (Å²) in [6, 6.07) is 10.7. The van der Waals surface area contributed by atoms with Gasteiger partial charge in [0.1, 0.15) is 22.8 Å². The van der Waals surface area contributed by atoms with Gasteiger partial charge in [-0.2, -0.15) is 0 Å². The summed E-state index contributed by atoms with van der Waals surface area (Å²) < 4.78 is 22.6. The predicted octanol–water partition coefficient (Wildman–Crippen LogP) is 4.10. The van der Waals surface area contributed by atoms with Crippen molar-refractivity contribution in [1.29, 1.82) is 0 Å². The second-order valence-electron chi connectivity index (χ2n) is 7.74. The van der Waals surface area contributed by atoms with Crippen molar-refractivity contribution in [2.24, 2.45) is 0 Å². The Morgan fingerprint density at radius 1 is 1.12 bits per heavy atom. The fraction of sp³-hybridized carbons (Fsp3) is 0.417. The topological polar surface area (TPSA) is 73.4 Å². The molecule has 0 saturated carbocycles. The summed E-state index contributed by atoms with van der Waals surface area (Å²) in [5.74, 6) is 1.77. The van der Waals surface area contributed by atoms with Crippen molar-refractivity contribution in [2.45, 2.75) is 6.42 Å². The molecule has 34 heavy (non-hydrogen) atoms. The van der Waals surface area contributed by atoms with Crippen LogP contribution in [0.25, 0.3) is 10.2 Å². The number of amides is 1. The zero-order chi connectivity index (χ0) is 23.9. The number of halogens is 1. The summed E-state index contributed by atoms with van der Waals surface area (Å²) in [5, 5.41) is 1.15. The molecule has 0 aliphatic carbocycles. The van der Waals surface area contributed by atoms with Gasteiger partial charge in [0, 0.05) is 26.2 Å². The number of anilines is 1. The Bertz CT molecular complexity index is 1100. The van der Waals surface area contributed by atoms with Crippen molar-refractivity contribution >= 4 is 44.2 Å². The highest BCUT2D eigenvalue weighted by Gasteiger charge is 2.23. The lowest BCUT2D eigenvalue weighted by atomic mass is 10.3. The van der Waals surface area contributed by atoms with Crippen LogP contribution in [0.1, 0.15) is 6.42 Å². The van der Waals surface area contributed by atoms with Crippen molar-refractivity contribution in [1.82, 2.24) is 9.88 Å². The van der Waals surface area contributed by atoms with E-state index in [2.05, 4.69) is 4.90 Å². The summed E-state index contributed by atoms with van der Waals surface area (Å²) in [7, 11) is 3.20. The molecule has 3 aromatic rings. The third-order valence-corrected chi connectivity index (χ3v) is 7.12. The lowest BCUT2D eigenvalue weighted by molar-refractivity contribution is -0.120. The molecule has 0 N–H and O–H groups in total. The zero-order valence-corrected chi connectivity index (χ0v) is 20.9. The molecule has 0 bridgehead atoms. The summed E-state index contributed by atoms with van der Waals surface area (Å²) in [5.41, 5.74) is 0.650. The van der Waals surface area contributed by atoms with E-state index in [9.17, 15) is 4.79 Å². The van der Waals surface area contributed by atoms with Crippen molar-refractivity contribution in [3.05, 3.63) is 41.4 Å². The minimum atomic E-state index is -0.174. The van der Waals surface area contributed by atoms with Gasteiger partial charge in [0.05, 0.1) is 37.2 Å². The molecule has 182 valence electrons. The second kappa shape index (κ2) is 11.7. The van der Waals surface area contributed by atoms with Gasteiger partial charge < -0.3 is 18.9 Å². The maximum atomic E-state index is 13.3. The van der Waals surface area contributed by atoms with Crippen molar-refractivity contribution in [3.8, 4) is 17.2 Å². The van der Waals surface area contributed by atoms with Crippen LogP contribution in [0.2, 0.25) is 5.02 Å². The normalized spacial score (nSPS) is 14.2. The van der Waals surface area contributed by atoms with Crippen LogP contribution in [0.3, 0.4) is 0 Å². The smallest absolute Gasteiger partial charge is 0.266 e. The molecule has 0 spiro atoms. The first-order valence-electron chi connectivity index (χ1n) is 11.1. The SMILES string of the molecule is COc1ccc(OCC(=O)N(CCCN2CCOCC2)c2nc3c(OC)ccc(Cl)c3s2)cc1. The van der Waals surface area contributed by atoms with Gasteiger partial charge in [-0.05, 0) is 42.8 Å². The molecule has 1 amide bonds. The van der Waals surface area contributed by atoms with Crippen molar-refractivity contribution in [2.75, 3.05) is 65.1 Å². The molecule has 1 fully saturated rings. The largest absolute Gasteiger partial charge is 0.497 e. The third-order valence-electron chi connectivity index (χ3n) is 5.58. The average molecular weight is 506 g/mol. The molecule has 2 heterocycles. The molecule has 10 heteroatoms. The average Bonchev–Trinajstić information content (AvgIpc) is 3.32. The number of rotatable bonds is 10.